The normalized spacial score (nSPS) is 28.9. The SMILES string of the molecule is COc1ccccc1CN1C[C@H](C(=O)NCC2CCOCC2)[C@H]2OCC[C@H]21. The molecule has 27 heavy (non-hydrogen) atoms. The minimum Gasteiger partial charge on any atom is -0.496 e. The monoisotopic (exact) mass is 374 g/mol. The van der Waals surface area contributed by atoms with E-state index in [4.69, 9.17) is 14.2 Å². The molecule has 3 aliphatic heterocycles. The first-order valence-electron chi connectivity index (χ1n) is 10.1. The lowest BCUT2D eigenvalue weighted by molar-refractivity contribution is -0.128. The summed E-state index contributed by atoms with van der Waals surface area (Å²) in [6, 6.07) is 8.43. The molecule has 0 spiro atoms. The number of carbonyl (C=O) groups is 1. The molecule has 3 heterocycles. The van der Waals surface area contributed by atoms with Crippen LogP contribution in [0.5, 0.6) is 5.75 Å². The molecule has 0 radical (unpaired) electrons. The van der Waals surface area contributed by atoms with Crippen LogP contribution in [0.1, 0.15) is 24.8 Å². The van der Waals surface area contributed by atoms with Crippen LogP contribution in [0.2, 0.25) is 0 Å². The maximum Gasteiger partial charge on any atom is 0.227 e. The van der Waals surface area contributed by atoms with Crippen molar-refractivity contribution >= 4 is 5.91 Å². The summed E-state index contributed by atoms with van der Waals surface area (Å²) in [6.07, 6.45) is 3.07. The Morgan fingerprint density at radius 1 is 1.22 bits per heavy atom. The molecule has 3 saturated heterocycles. The van der Waals surface area contributed by atoms with Crippen LogP contribution in [-0.2, 0) is 20.8 Å². The van der Waals surface area contributed by atoms with Gasteiger partial charge in [0.15, 0.2) is 0 Å². The number of fused-ring (bicyclic) bond motifs is 1. The van der Waals surface area contributed by atoms with Crippen molar-refractivity contribution in [2.24, 2.45) is 11.8 Å². The number of rotatable bonds is 6. The fourth-order valence-electron chi connectivity index (χ4n) is 4.66. The summed E-state index contributed by atoms with van der Waals surface area (Å²) in [6.45, 7) is 4.64. The minimum atomic E-state index is -0.0907. The van der Waals surface area contributed by atoms with Gasteiger partial charge in [0.25, 0.3) is 0 Å². The van der Waals surface area contributed by atoms with E-state index in [-0.39, 0.29) is 17.9 Å². The number of benzene rings is 1. The number of hydrogen-bond acceptors (Lipinski definition) is 5. The maximum atomic E-state index is 12.9. The van der Waals surface area contributed by atoms with Crippen LogP contribution in [0.25, 0.3) is 0 Å². The second-order valence-corrected chi connectivity index (χ2v) is 7.84. The molecule has 6 heteroatoms. The van der Waals surface area contributed by atoms with Gasteiger partial charge < -0.3 is 19.5 Å². The quantitative estimate of drug-likeness (QED) is 0.823. The lowest BCUT2D eigenvalue weighted by atomic mass is 9.98. The van der Waals surface area contributed by atoms with Gasteiger partial charge in [0.2, 0.25) is 5.91 Å². The van der Waals surface area contributed by atoms with Crippen LogP contribution in [0, 0.1) is 11.8 Å². The molecule has 3 atom stereocenters. The molecule has 0 bridgehead atoms. The highest BCUT2D eigenvalue weighted by molar-refractivity contribution is 5.80. The first-order chi connectivity index (χ1) is 13.3. The van der Waals surface area contributed by atoms with Gasteiger partial charge in [0.05, 0.1) is 19.1 Å². The Labute approximate surface area is 161 Å². The minimum absolute atomic E-state index is 0.00870. The molecular formula is C21H30N2O4. The van der Waals surface area contributed by atoms with Crippen molar-refractivity contribution in [3.63, 3.8) is 0 Å². The molecule has 0 saturated carbocycles. The topological polar surface area (TPSA) is 60.0 Å². The van der Waals surface area contributed by atoms with E-state index in [9.17, 15) is 4.79 Å². The zero-order chi connectivity index (χ0) is 18.6. The van der Waals surface area contributed by atoms with E-state index < -0.39 is 0 Å². The van der Waals surface area contributed by atoms with Gasteiger partial charge in [-0.15, -0.1) is 0 Å². The summed E-state index contributed by atoms with van der Waals surface area (Å²) >= 11 is 0. The van der Waals surface area contributed by atoms with Gasteiger partial charge in [-0.25, -0.2) is 0 Å². The molecule has 4 rings (SSSR count). The van der Waals surface area contributed by atoms with Crippen molar-refractivity contribution in [2.75, 3.05) is 40.0 Å². The van der Waals surface area contributed by atoms with Gasteiger partial charge in [-0.2, -0.15) is 0 Å². The number of para-hydroxylation sites is 1. The second kappa shape index (κ2) is 8.59. The van der Waals surface area contributed by atoms with Crippen molar-refractivity contribution < 1.29 is 19.0 Å². The highest BCUT2D eigenvalue weighted by Crippen LogP contribution is 2.35. The number of amides is 1. The molecule has 6 nitrogen and oxygen atoms in total. The van der Waals surface area contributed by atoms with Crippen LogP contribution in [0.4, 0.5) is 0 Å². The number of nitrogens with zero attached hydrogens (tertiary/aromatic N) is 1. The first kappa shape index (κ1) is 18.7. The highest BCUT2D eigenvalue weighted by Gasteiger charge is 2.48. The van der Waals surface area contributed by atoms with Gasteiger partial charge in [-0.05, 0) is 31.2 Å². The molecule has 1 aromatic carbocycles. The molecule has 1 N–H and O–H groups in total. The summed E-state index contributed by atoms with van der Waals surface area (Å²) in [5.74, 6) is 1.49. The van der Waals surface area contributed by atoms with E-state index >= 15 is 0 Å². The Kier molecular flexibility index (Phi) is 5.95. The molecule has 0 aliphatic carbocycles. The summed E-state index contributed by atoms with van der Waals surface area (Å²) < 4.78 is 16.9. The summed E-state index contributed by atoms with van der Waals surface area (Å²) in [4.78, 5) is 15.3. The lowest BCUT2D eigenvalue weighted by Gasteiger charge is -2.24. The number of likely N-dealkylation sites (tertiary alicyclic amines) is 1. The predicted molar refractivity (Wildman–Crippen MR) is 102 cm³/mol. The summed E-state index contributed by atoms with van der Waals surface area (Å²) in [5, 5.41) is 3.19. The zero-order valence-electron chi connectivity index (χ0n) is 16.1. The fourth-order valence-corrected chi connectivity index (χ4v) is 4.66. The maximum absolute atomic E-state index is 12.9. The third kappa shape index (κ3) is 4.13. The Morgan fingerprint density at radius 2 is 2.04 bits per heavy atom. The molecule has 1 amide bonds. The van der Waals surface area contributed by atoms with Gasteiger partial charge in [-0.1, -0.05) is 18.2 Å². The zero-order valence-corrected chi connectivity index (χ0v) is 16.1. The molecule has 0 aromatic heterocycles. The molecular weight excluding hydrogens is 344 g/mol. The Bertz CT molecular complexity index is 647. The van der Waals surface area contributed by atoms with Crippen molar-refractivity contribution in [1.29, 1.82) is 0 Å². The first-order valence-corrected chi connectivity index (χ1v) is 10.1. The molecule has 3 fully saturated rings. The number of methoxy groups -OCH3 is 1. The van der Waals surface area contributed by atoms with Crippen LogP contribution in [0.15, 0.2) is 24.3 Å². The highest BCUT2D eigenvalue weighted by atomic mass is 16.5. The molecule has 1 aromatic rings. The Morgan fingerprint density at radius 3 is 2.85 bits per heavy atom. The van der Waals surface area contributed by atoms with E-state index in [1.807, 2.05) is 18.2 Å². The van der Waals surface area contributed by atoms with E-state index in [2.05, 4.69) is 16.3 Å². The molecule has 148 valence electrons. The lowest BCUT2D eigenvalue weighted by Crippen LogP contribution is -2.40. The summed E-state index contributed by atoms with van der Waals surface area (Å²) in [7, 11) is 1.71. The predicted octanol–water partition coefficient (Wildman–Crippen LogP) is 1.83. The van der Waals surface area contributed by atoms with E-state index in [0.717, 1.165) is 70.0 Å². The second-order valence-electron chi connectivity index (χ2n) is 7.84. The van der Waals surface area contributed by atoms with E-state index in [1.54, 1.807) is 7.11 Å². The molecule has 0 unspecified atom stereocenters. The number of nitrogens with one attached hydrogen (secondary N) is 1. The number of hydrogen-bond donors (Lipinski definition) is 1. The number of ether oxygens (including phenoxy) is 3. The third-order valence-electron chi connectivity index (χ3n) is 6.21. The summed E-state index contributed by atoms with van der Waals surface area (Å²) in [5.41, 5.74) is 1.16. The number of carbonyl (C=O) groups excluding carboxylic acids is 1. The van der Waals surface area contributed by atoms with Crippen LogP contribution in [0.3, 0.4) is 0 Å². The van der Waals surface area contributed by atoms with E-state index in [0.29, 0.717) is 12.0 Å². The Hall–Kier alpha value is -1.63. The Balaban J connectivity index is 1.38. The largest absolute Gasteiger partial charge is 0.496 e. The van der Waals surface area contributed by atoms with Crippen LogP contribution in [-0.4, -0.2) is 63.0 Å². The van der Waals surface area contributed by atoms with Crippen molar-refractivity contribution in [2.45, 2.75) is 38.0 Å². The van der Waals surface area contributed by atoms with Crippen molar-refractivity contribution in [1.82, 2.24) is 10.2 Å². The van der Waals surface area contributed by atoms with Gasteiger partial charge >= 0.3 is 0 Å². The smallest absolute Gasteiger partial charge is 0.227 e. The van der Waals surface area contributed by atoms with Gasteiger partial charge in [0, 0.05) is 51.1 Å². The van der Waals surface area contributed by atoms with Crippen LogP contribution < -0.4 is 10.1 Å². The van der Waals surface area contributed by atoms with E-state index in [1.165, 1.54) is 0 Å². The van der Waals surface area contributed by atoms with Gasteiger partial charge in [-0.3, -0.25) is 9.69 Å². The average Bonchev–Trinajstić information content (AvgIpc) is 3.31. The third-order valence-corrected chi connectivity index (χ3v) is 6.21. The van der Waals surface area contributed by atoms with Gasteiger partial charge in [0.1, 0.15) is 5.75 Å². The van der Waals surface area contributed by atoms with Crippen LogP contribution >= 0.6 is 0 Å². The fraction of sp³-hybridized carbons (Fsp3) is 0.667. The molecule has 3 aliphatic rings. The van der Waals surface area contributed by atoms with Crippen molar-refractivity contribution in [3.05, 3.63) is 29.8 Å². The average molecular weight is 374 g/mol. The standard InChI is InChI=1S/C21H30N2O4/c1-25-19-5-3-2-4-16(19)13-23-14-17(20-18(23)8-11-27-20)21(24)22-12-15-6-9-26-10-7-15/h2-5,15,17-18,20H,6-14H2,1H3,(H,22,24)/t17-,18+,20+/m0/s1. The van der Waals surface area contributed by atoms with Crippen molar-refractivity contribution in [3.8, 4) is 5.75 Å².